The maximum atomic E-state index is 11.0. The molecule has 0 bridgehead atoms. The largest absolute Gasteiger partial charge is 0.324 e. The van der Waals surface area contributed by atoms with Crippen molar-refractivity contribution in [3.05, 3.63) is 0 Å². The van der Waals surface area contributed by atoms with Crippen LogP contribution in [0.2, 0.25) is 0 Å². The molecule has 0 saturated carbocycles. The lowest BCUT2D eigenvalue weighted by molar-refractivity contribution is 0.524. The highest BCUT2D eigenvalue weighted by Crippen LogP contribution is 2.47. The van der Waals surface area contributed by atoms with E-state index in [2.05, 4.69) is 0 Å². The van der Waals surface area contributed by atoms with Crippen LogP contribution >= 0.6 is 15.8 Å². The van der Waals surface area contributed by atoms with E-state index in [0.717, 1.165) is 12.3 Å². The van der Waals surface area contributed by atoms with E-state index in [0.29, 0.717) is 0 Å². The molecule has 0 amide bonds. The third-order valence-corrected chi connectivity index (χ3v) is 4.04. The van der Waals surface area contributed by atoms with Crippen molar-refractivity contribution in [2.75, 3.05) is 19.0 Å². The summed E-state index contributed by atoms with van der Waals surface area (Å²) in [4.78, 5) is 6.99. The molecule has 1 fully saturated rings. The molecule has 1 aliphatic rings. The van der Waals surface area contributed by atoms with Crippen LogP contribution in [0, 0.1) is 0 Å². The molecule has 3 nitrogen and oxygen atoms in total. The fraction of sp³-hybridized carbons (Fsp3) is 1.00. The van der Waals surface area contributed by atoms with Crippen LogP contribution in [-0.2, 0) is 9.13 Å². The third kappa shape index (κ3) is 5.10. The Kier molecular flexibility index (Phi) is 5.15. The maximum Gasteiger partial charge on any atom is 0.324 e. The summed E-state index contributed by atoms with van der Waals surface area (Å²) in [6.07, 6.45) is 4.42. The highest BCUT2D eigenvalue weighted by atomic mass is 31.2. The monoisotopic (exact) mass is 182 g/mol. The Labute approximate surface area is 62.5 Å². The number of hydrogen-bond donors (Lipinski definition) is 1. The molecule has 1 rings (SSSR count). The van der Waals surface area contributed by atoms with Crippen LogP contribution in [0.3, 0.4) is 0 Å². The van der Waals surface area contributed by atoms with Gasteiger partial charge in [-0.25, -0.2) is 4.57 Å². The molecule has 0 aromatic heterocycles. The first-order valence-corrected chi connectivity index (χ1v) is 6.43. The summed E-state index contributed by atoms with van der Waals surface area (Å²) in [5, 5.41) is 0. The smallest absolute Gasteiger partial charge is 0.324 e. The predicted octanol–water partition coefficient (Wildman–Crippen LogP) is 1.96. The van der Waals surface area contributed by atoms with Crippen LogP contribution in [0.1, 0.15) is 12.8 Å². The molecule has 0 unspecified atom stereocenters. The fourth-order valence-electron chi connectivity index (χ4n) is 1.00. The summed E-state index contributed by atoms with van der Waals surface area (Å²) in [7, 11) is -2.38. The molecule has 1 N–H and O–H groups in total. The van der Waals surface area contributed by atoms with E-state index >= 15 is 0 Å². The second-order valence-corrected chi connectivity index (χ2v) is 6.18. The topological polar surface area (TPSA) is 54.4 Å². The summed E-state index contributed by atoms with van der Waals surface area (Å²) in [5.41, 5.74) is 0. The lowest BCUT2D eigenvalue weighted by Gasteiger charge is -1.96. The lowest BCUT2D eigenvalue weighted by atomic mass is 10.4. The fourth-order valence-corrected chi connectivity index (χ4v) is 3.01. The van der Waals surface area contributed by atoms with E-state index in [1.807, 2.05) is 6.66 Å². The standard InChI is InChI=1S/C5H11OP.HO2P/c1-7(6)4-2-3-5-7;1-3-2/h2-5H2,1H3;(H,1,2). The normalized spacial score (nSPS) is 21.8. The highest BCUT2D eigenvalue weighted by molar-refractivity contribution is 7.63. The molecule has 1 heterocycles. The maximum absolute atomic E-state index is 11.0. The summed E-state index contributed by atoms with van der Waals surface area (Å²) in [6, 6.07) is 0. The lowest BCUT2D eigenvalue weighted by Crippen LogP contribution is -1.75. The Morgan fingerprint density at radius 1 is 1.40 bits per heavy atom. The zero-order chi connectivity index (χ0) is 8.04. The van der Waals surface area contributed by atoms with E-state index in [1.54, 1.807) is 0 Å². The van der Waals surface area contributed by atoms with Gasteiger partial charge in [-0.1, -0.05) is 0 Å². The van der Waals surface area contributed by atoms with Crippen molar-refractivity contribution in [3.8, 4) is 0 Å². The quantitative estimate of drug-likeness (QED) is 0.582. The van der Waals surface area contributed by atoms with Gasteiger partial charge in [0.15, 0.2) is 0 Å². The van der Waals surface area contributed by atoms with E-state index in [4.69, 9.17) is 9.46 Å². The van der Waals surface area contributed by atoms with Gasteiger partial charge in [0.2, 0.25) is 0 Å². The Balaban J connectivity index is 0.000000236. The molecule has 10 heavy (non-hydrogen) atoms. The molecule has 60 valence electrons. The minimum atomic E-state index is -1.54. The zero-order valence-corrected chi connectivity index (χ0v) is 7.78. The summed E-state index contributed by atoms with van der Waals surface area (Å²) < 4.78 is 19.5. The Bertz CT molecular complexity index is 136. The Morgan fingerprint density at radius 2 is 1.70 bits per heavy atom. The van der Waals surface area contributed by atoms with Gasteiger partial charge in [0.25, 0.3) is 0 Å². The van der Waals surface area contributed by atoms with Gasteiger partial charge in [-0.2, -0.15) is 0 Å². The average Bonchev–Trinajstić information content (AvgIpc) is 2.16. The number of rotatable bonds is 0. The van der Waals surface area contributed by atoms with E-state index in [9.17, 15) is 4.57 Å². The van der Waals surface area contributed by atoms with Crippen molar-refractivity contribution in [3.63, 3.8) is 0 Å². The van der Waals surface area contributed by atoms with Gasteiger partial charge in [0, 0.05) is 12.3 Å². The minimum Gasteiger partial charge on any atom is -0.324 e. The highest BCUT2D eigenvalue weighted by Gasteiger charge is 2.19. The second kappa shape index (κ2) is 5.01. The molecule has 0 atom stereocenters. The van der Waals surface area contributed by atoms with Crippen molar-refractivity contribution in [2.24, 2.45) is 0 Å². The Morgan fingerprint density at radius 3 is 1.80 bits per heavy atom. The molecule has 0 aromatic carbocycles. The molecule has 1 saturated heterocycles. The second-order valence-electron chi connectivity index (χ2n) is 2.53. The van der Waals surface area contributed by atoms with Crippen molar-refractivity contribution in [1.82, 2.24) is 0 Å². The zero-order valence-electron chi connectivity index (χ0n) is 5.99. The van der Waals surface area contributed by atoms with Gasteiger partial charge in [-0.15, -0.1) is 0 Å². The van der Waals surface area contributed by atoms with Gasteiger partial charge in [0.05, 0.1) is 7.14 Å². The van der Waals surface area contributed by atoms with Crippen molar-refractivity contribution in [2.45, 2.75) is 12.8 Å². The molecule has 0 aromatic rings. The minimum absolute atomic E-state index is 0.833. The first kappa shape index (κ1) is 10.3. The van der Waals surface area contributed by atoms with Gasteiger partial charge in [-0.3, -0.25) is 0 Å². The van der Waals surface area contributed by atoms with Crippen LogP contribution < -0.4 is 0 Å². The molecular weight excluding hydrogens is 170 g/mol. The van der Waals surface area contributed by atoms with Crippen molar-refractivity contribution < 1.29 is 14.0 Å². The molecule has 1 aliphatic heterocycles. The molecule has 0 spiro atoms. The van der Waals surface area contributed by atoms with E-state index in [1.165, 1.54) is 12.8 Å². The van der Waals surface area contributed by atoms with Crippen LogP contribution in [0.15, 0.2) is 0 Å². The first-order valence-electron chi connectivity index (χ1n) is 3.14. The predicted molar refractivity (Wildman–Crippen MR) is 42.3 cm³/mol. The number of hydrogen-bond acceptors (Lipinski definition) is 2. The first-order chi connectivity index (χ1) is 4.62. The van der Waals surface area contributed by atoms with E-state index in [-0.39, 0.29) is 0 Å². The van der Waals surface area contributed by atoms with E-state index < -0.39 is 15.8 Å². The Hall–Kier alpha value is 0.290. The SMILES string of the molecule is CP1(=O)CCCC1.O=PO. The van der Waals surface area contributed by atoms with Gasteiger partial charge >= 0.3 is 8.69 Å². The average molecular weight is 182 g/mol. The summed E-state index contributed by atoms with van der Waals surface area (Å²) in [6.45, 7) is 1.92. The van der Waals surface area contributed by atoms with Crippen molar-refractivity contribution >= 4 is 15.8 Å². The van der Waals surface area contributed by atoms with Gasteiger partial charge in [0.1, 0.15) is 0 Å². The van der Waals surface area contributed by atoms with Crippen LogP contribution in [0.25, 0.3) is 0 Å². The molecular formula is C5H12O3P2. The molecule has 0 aliphatic carbocycles. The van der Waals surface area contributed by atoms with Gasteiger partial charge < -0.3 is 9.46 Å². The summed E-state index contributed by atoms with van der Waals surface area (Å²) >= 11 is 0. The van der Waals surface area contributed by atoms with Crippen LogP contribution in [0.5, 0.6) is 0 Å². The van der Waals surface area contributed by atoms with Crippen molar-refractivity contribution in [1.29, 1.82) is 0 Å². The van der Waals surface area contributed by atoms with Gasteiger partial charge in [-0.05, 0) is 19.5 Å². The van der Waals surface area contributed by atoms with Crippen LogP contribution in [0.4, 0.5) is 0 Å². The van der Waals surface area contributed by atoms with Crippen LogP contribution in [-0.4, -0.2) is 23.9 Å². The molecule has 5 heteroatoms. The third-order valence-electron chi connectivity index (χ3n) is 1.51. The summed E-state index contributed by atoms with van der Waals surface area (Å²) in [5.74, 6) is 0. The molecule has 0 radical (unpaired) electrons.